The summed E-state index contributed by atoms with van der Waals surface area (Å²) in [6.45, 7) is 2.11. The summed E-state index contributed by atoms with van der Waals surface area (Å²) in [5, 5.41) is 2.07. The Balaban J connectivity index is 0.000000117. The predicted molar refractivity (Wildman–Crippen MR) is 78.2 cm³/mol. The van der Waals surface area contributed by atoms with Gasteiger partial charge in [-0.2, -0.15) is 0 Å². The second kappa shape index (κ2) is 5.16. The van der Waals surface area contributed by atoms with E-state index in [1.54, 1.807) is 23.9 Å². The highest BCUT2D eigenvalue weighted by Crippen LogP contribution is 2.21. The zero-order valence-corrected chi connectivity index (χ0v) is 11.2. The van der Waals surface area contributed by atoms with Crippen LogP contribution in [0.2, 0.25) is 0 Å². The molecule has 4 heterocycles. The summed E-state index contributed by atoms with van der Waals surface area (Å²) < 4.78 is 1.31. The molecule has 5 heteroatoms. The lowest BCUT2D eigenvalue weighted by atomic mass is 10.3. The van der Waals surface area contributed by atoms with Crippen LogP contribution < -0.4 is 0 Å². The van der Waals surface area contributed by atoms with E-state index in [2.05, 4.69) is 32.2 Å². The highest BCUT2D eigenvalue weighted by Gasteiger charge is 1.96. The van der Waals surface area contributed by atoms with Crippen molar-refractivity contribution in [2.45, 2.75) is 6.92 Å². The third-order valence-corrected chi connectivity index (χ3v) is 3.77. The van der Waals surface area contributed by atoms with Gasteiger partial charge in [-0.05, 0) is 42.1 Å². The molecule has 0 saturated heterocycles. The maximum Gasteiger partial charge on any atom is 0.177 e. The fraction of sp³-hybridized carbons (Fsp3) is 0.0714. The topological polar surface area (TPSA) is 54.5 Å². The molecular weight excluding hydrogens is 256 g/mol. The van der Waals surface area contributed by atoms with Gasteiger partial charge in [-0.25, -0.2) is 9.97 Å². The molecule has 0 spiro atoms. The van der Waals surface area contributed by atoms with Crippen LogP contribution >= 0.6 is 11.3 Å². The van der Waals surface area contributed by atoms with Crippen molar-refractivity contribution in [1.29, 1.82) is 0 Å². The zero-order chi connectivity index (χ0) is 13.1. The van der Waals surface area contributed by atoms with Crippen molar-refractivity contribution < 1.29 is 0 Å². The molecule has 4 aromatic rings. The third-order valence-electron chi connectivity index (χ3n) is 2.73. The van der Waals surface area contributed by atoms with E-state index in [1.807, 2.05) is 30.5 Å². The number of fused-ring (bicyclic) bond motifs is 2. The molecule has 0 atom stereocenters. The number of rotatable bonds is 0. The molecule has 94 valence electrons. The summed E-state index contributed by atoms with van der Waals surface area (Å²) in [6.07, 6.45) is 5.21. The van der Waals surface area contributed by atoms with E-state index < -0.39 is 0 Å². The van der Waals surface area contributed by atoms with Crippen LogP contribution in [0.5, 0.6) is 0 Å². The summed E-state index contributed by atoms with van der Waals surface area (Å²) >= 11 is 1.75. The van der Waals surface area contributed by atoms with E-state index in [-0.39, 0.29) is 0 Å². The molecule has 0 saturated carbocycles. The summed E-state index contributed by atoms with van der Waals surface area (Å²) in [5.41, 5.74) is 4.19. The molecule has 0 fully saturated rings. The molecule has 0 aromatic carbocycles. The van der Waals surface area contributed by atoms with Crippen LogP contribution in [0.15, 0.2) is 48.4 Å². The molecule has 0 radical (unpaired) electrons. The number of thiophene rings is 1. The van der Waals surface area contributed by atoms with Crippen molar-refractivity contribution in [3.63, 3.8) is 0 Å². The van der Waals surface area contributed by atoms with Crippen molar-refractivity contribution in [3.8, 4) is 0 Å². The molecular formula is C14H12N4S. The average molecular weight is 268 g/mol. The van der Waals surface area contributed by atoms with E-state index in [1.165, 1.54) is 10.3 Å². The molecule has 0 unspecified atom stereocenters. The monoisotopic (exact) mass is 268 g/mol. The lowest BCUT2D eigenvalue weighted by Crippen LogP contribution is -1.73. The first-order valence-electron chi connectivity index (χ1n) is 5.87. The lowest BCUT2D eigenvalue weighted by molar-refractivity contribution is 1.30. The Morgan fingerprint density at radius 3 is 2.84 bits per heavy atom. The quantitative estimate of drug-likeness (QED) is 0.530. The number of imidazole rings is 1. The van der Waals surface area contributed by atoms with Gasteiger partial charge in [0.15, 0.2) is 5.65 Å². The normalized spacial score (nSPS) is 10.4. The van der Waals surface area contributed by atoms with Crippen LogP contribution in [0.4, 0.5) is 0 Å². The SMILES string of the molecule is Cc1ccnc2ccsc12.c1cnc2nc[nH]c2c1. The molecule has 19 heavy (non-hydrogen) atoms. The molecule has 0 aliphatic rings. The van der Waals surface area contributed by atoms with Crippen LogP contribution in [0.25, 0.3) is 21.4 Å². The summed E-state index contributed by atoms with van der Waals surface area (Å²) in [6, 6.07) is 7.90. The van der Waals surface area contributed by atoms with E-state index in [4.69, 9.17) is 0 Å². The Morgan fingerprint density at radius 1 is 1.05 bits per heavy atom. The minimum atomic E-state index is 0.775. The minimum absolute atomic E-state index is 0.775. The number of aryl methyl sites for hydroxylation is 1. The molecule has 1 N–H and O–H groups in total. The number of nitrogens with one attached hydrogen (secondary N) is 1. The summed E-state index contributed by atoms with van der Waals surface area (Å²) in [7, 11) is 0. The summed E-state index contributed by atoms with van der Waals surface area (Å²) in [5.74, 6) is 0. The second-order valence-corrected chi connectivity index (χ2v) is 4.96. The Kier molecular flexibility index (Phi) is 3.20. The van der Waals surface area contributed by atoms with E-state index in [9.17, 15) is 0 Å². The van der Waals surface area contributed by atoms with Crippen LogP contribution in [-0.4, -0.2) is 19.9 Å². The van der Waals surface area contributed by atoms with Gasteiger partial charge in [0.25, 0.3) is 0 Å². The molecule has 4 rings (SSSR count). The van der Waals surface area contributed by atoms with E-state index in [0.29, 0.717) is 0 Å². The number of pyridine rings is 2. The van der Waals surface area contributed by atoms with Crippen LogP contribution in [-0.2, 0) is 0 Å². The number of aromatic nitrogens is 4. The molecule has 0 aliphatic heterocycles. The number of H-pyrrole nitrogens is 1. The fourth-order valence-corrected chi connectivity index (χ4v) is 2.61. The van der Waals surface area contributed by atoms with Crippen molar-refractivity contribution >= 4 is 32.7 Å². The smallest absolute Gasteiger partial charge is 0.177 e. The standard InChI is InChI=1S/C8H7NS.C6H5N3/c1-6-2-4-9-7-3-5-10-8(6)7;1-2-5-6(7-3-1)9-4-8-5/h2-5H,1H3;1-4H,(H,7,8,9). The zero-order valence-electron chi connectivity index (χ0n) is 10.4. The Labute approximate surface area is 114 Å². The fourth-order valence-electron chi connectivity index (χ4n) is 1.78. The number of aromatic amines is 1. The van der Waals surface area contributed by atoms with Gasteiger partial charge in [0, 0.05) is 12.4 Å². The van der Waals surface area contributed by atoms with Gasteiger partial charge in [-0.3, -0.25) is 4.98 Å². The van der Waals surface area contributed by atoms with Crippen LogP contribution in [0, 0.1) is 6.92 Å². The van der Waals surface area contributed by atoms with Crippen molar-refractivity contribution in [2.75, 3.05) is 0 Å². The Morgan fingerprint density at radius 2 is 2.00 bits per heavy atom. The Hall–Kier alpha value is -2.27. The molecule has 0 bridgehead atoms. The molecule has 0 aliphatic carbocycles. The maximum absolute atomic E-state index is 4.21. The number of nitrogens with zero attached hydrogens (tertiary/aromatic N) is 3. The van der Waals surface area contributed by atoms with Gasteiger partial charge in [0.1, 0.15) is 0 Å². The average Bonchev–Trinajstić information content (AvgIpc) is 3.08. The lowest BCUT2D eigenvalue weighted by Gasteiger charge is -1.90. The minimum Gasteiger partial charge on any atom is -0.343 e. The predicted octanol–water partition coefficient (Wildman–Crippen LogP) is 3.56. The third kappa shape index (κ3) is 2.46. The second-order valence-electron chi connectivity index (χ2n) is 4.04. The van der Waals surface area contributed by atoms with Gasteiger partial charge in [0.2, 0.25) is 0 Å². The number of hydrogen-bond donors (Lipinski definition) is 1. The van der Waals surface area contributed by atoms with Crippen molar-refractivity contribution in [3.05, 3.63) is 53.9 Å². The Bertz CT molecular complexity index is 773. The largest absolute Gasteiger partial charge is 0.343 e. The first-order chi connectivity index (χ1) is 9.34. The molecule has 0 amide bonds. The van der Waals surface area contributed by atoms with Gasteiger partial charge in [0.05, 0.1) is 22.1 Å². The summed E-state index contributed by atoms with van der Waals surface area (Å²) in [4.78, 5) is 15.1. The maximum atomic E-state index is 4.21. The van der Waals surface area contributed by atoms with Crippen molar-refractivity contribution in [1.82, 2.24) is 19.9 Å². The van der Waals surface area contributed by atoms with Gasteiger partial charge in [-0.15, -0.1) is 11.3 Å². The first-order valence-corrected chi connectivity index (χ1v) is 6.75. The van der Waals surface area contributed by atoms with Crippen molar-refractivity contribution in [2.24, 2.45) is 0 Å². The van der Waals surface area contributed by atoms with E-state index in [0.717, 1.165) is 16.7 Å². The highest BCUT2D eigenvalue weighted by atomic mass is 32.1. The first kappa shape index (κ1) is 11.8. The van der Waals surface area contributed by atoms with Crippen LogP contribution in [0.1, 0.15) is 5.56 Å². The number of hydrogen-bond acceptors (Lipinski definition) is 4. The molecule has 4 nitrogen and oxygen atoms in total. The van der Waals surface area contributed by atoms with Gasteiger partial charge in [-0.1, -0.05) is 0 Å². The highest BCUT2D eigenvalue weighted by molar-refractivity contribution is 7.17. The van der Waals surface area contributed by atoms with E-state index >= 15 is 0 Å². The van der Waals surface area contributed by atoms with Crippen LogP contribution in [0.3, 0.4) is 0 Å². The van der Waals surface area contributed by atoms with Gasteiger partial charge >= 0.3 is 0 Å². The van der Waals surface area contributed by atoms with Gasteiger partial charge < -0.3 is 4.98 Å². The molecule has 4 aromatic heterocycles.